The zero-order valence-corrected chi connectivity index (χ0v) is 34.4. The number of fused-ring (bicyclic) bond motifs is 2. The number of hydrogen-bond donors (Lipinski definition) is 0. The van der Waals surface area contributed by atoms with Gasteiger partial charge in [-0.25, -0.2) is 0 Å². The van der Waals surface area contributed by atoms with E-state index in [0.717, 1.165) is 5.57 Å². The summed E-state index contributed by atoms with van der Waals surface area (Å²) in [4.78, 5) is 0. The molecule has 4 aromatic carbocycles. The number of rotatable bonds is 6. The Kier molecular flexibility index (Phi) is 10.4. The Bertz CT molecular complexity index is 2200. The van der Waals surface area contributed by atoms with Gasteiger partial charge in [-0.05, 0) is 0 Å². The van der Waals surface area contributed by atoms with Crippen molar-refractivity contribution in [3.8, 4) is 22.3 Å². The number of hydrogen-bond acceptors (Lipinski definition) is 0. The van der Waals surface area contributed by atoms with E-state index in [2.05, 4.69) is 0 Å². The molecule has 0 aromatic heterocycles. The van der Waals surface area contributed by atoms with Crippen molar-refractivity contribution in [3.05, 3.63) is 128 Å². The van der Waals surface area contributed by atoms with Gasteiger partial charge in [0, 0.05) is 0 Å². The van der Waals surface area contributed by atoms with Crippen LogP contribution in [0.25, 0.3) is 34.4 Å². The average molecular weight is 918 g/mol. The molecule has 0 spiro atoms. The maximum absolute atomic E-state index is 13.9. The van der Waals surface area contributed by atoms with Crippen LogP contribution in [-0.4, -0.2) is 5.92 Å². The van der Waals surface area contributed by atoms with E-state index in [1.54, 1.807) is 31.2 Å². The number of allylic oxidation sites excluding steroid dienone is 2. The summed E-state index contributed by atoms with van der Waals surface area (Å²) in [5.41, 5.74) is -3.08. The molecule has 0 heterocycles. The van der Waals surface area contributed by atoms with Crippen LogP contribution in [0.4, 0.5) is 52.7 Å². The second-order valence-corrected chi connectivity index (χ2v) is 56.9. The summed E-state index contributed by atoms with van der Waals surface area (Å²) in [7, 11) is 16.3. The van der Waals surface area contributed by atoms with Crippen molar-refractivity contribution < 1.29 is 68.2 Å². The molecule has 16 heteroatoms. The van der Waals surface area contributed by atoms with Gasteiger partial charge in [0.1, 0.15) is 0 Å². The number of halogens is 14. The van der Waals surface area contributed by atoms with Gasteiger partial charge in [-0.1, -0.05) is 0 Å². The molecule has 0 bridgehead atoms. The first-order valence-corrected chi connectivity index (χ1v) is 33.3. The van der Waals surface area contributed by atoms with E-state index in [0.29, 0.717) is 58.5 Å². The Morgan fingerprint density at radius 2 is 0.927 bits per heavy atom. The van der Waals surface area contributed by atoms with Crippen LogP contribution in [0.15, 0.2) is 83.9 Å². The van der Waals surface area contributed by atoms with Gasteiger partial charge in [-0.15, -0.1) is 0 Å². The van der Waals surface area contributed by atoms with Crippen molar-refractivity contribution >= 4 is 35.1 Å². The van der Waals surface area contributed by atoms with Crippen LogP contribution in [0.2, 0.25) is 13.1 Å². The Labute approximate surface area is 317 Å². The number of alkyl halides is 12. The second-order valence-electron chi connectivity index (χ2n) is 14.4. The Balaban J connectivity index is 1.57. The molecule has 2 aliphatic rings. The molecule has 0 saturated carbocycles. The summed E-state index contributed by atoms with van der Waals surface area (Å²) in [5.74, 6) is -2.27. The fraction of sp³-hybridized carbons (Fsp3) is 0.282. The average Bonchev–Trinajstić information content (AvgIpc) is 3.64. The molecule has 55 heavy (non-hydrogen) atoms. The minimum absolute atomic E-state index is 0.0581. The van der Waals surface area contributed by atoms with Crippen molar-refractivity contribution in [2.45, 2.75) is 65.3 Å². The van der Waals surface area contributed by atoms with E-state index in [-0.39, 0.29) is 34.4 Å². The van der Waals surface area contributed by atoms with Crippen molar-refractivity contribution in [3.63, 3.8) is 0 Å². The standard InChI is InChI=1S/C19H13F6.C18H11F6.C2H7Si.2ClH.Zr/c1-2-11-6-12-4-3-5-16(17(12)7-11)13-8-14(18(20,21)22)10-15(9-13)19(23,24)25;1-10-5-11-3-2-4-15(16(11)6-10)12-7-13(17(19,20)21)9-14(8-12)18(22,23)24;1-3-2;;;/h3-10H,2H2,1H3;2-9H,1H3;3H,1-2H3;2*1H;/q;;;;;+2/p-2. The third-order valence-electron chi connectivity index (χ3n) is 10.8. The second kappa shape index (κ2) is 13.7. The summed E-state index contributed by atoms with van der Waals surface area (Å²) < 4.78 is 165. The van der Waals surface area contributed by atoms with Crippen LogP contribution in [0, 0.1) is 0 Å². The third-order valence-corrected chi connectivity index (χ3v) is 62.9. The predicted octanol–water partition coefficient (Wildman–Crippen LogP) is 15.1. The summed E-state index contributed by atoms with van der Waals surface area (Å²) >= 11 is -5.61. The van der Waals surface area contributed by atoms with Crippen molar-refractivity contribution in [2.75, 3.05) is 0 Å². The molecule has 0 radical (unpaired) electrons. The molecule has 0 nitrogen and oxygen atoms in total. The SMILES string of the molecule is CCC1=Cc2c(-c3cc(C(F)(F)F)cc(C(F)(F)F)c3)cccc2[CH]1[Zr]([Cl])([Cl])([CH]1C(C)=Cc2c(-c3cc(C(F)(F)F)cc(C(F)(F)F)c3)cccc21)[SiH](C)C. The van der Waals surface area contributed by atoms with Crippen LogP contribution in [0.5, 0.6) is 0 Å². The molecule has 0 aliphatic heterocycles. The molecule has 2 atom stereocenters. The first kappa shape index (κ1) is 41.8. The summed E-state index contributed by atoms with van der Waals surface area (Å²) in [5, 5.41) is 0. The number of benzene rings is 4. The molecule has 0 amide bonds. The molecule has 0 fully saturated rings. The molecule has 2 unspecified atom stereocenters. The van der Waals surface area contributed by atoms with E-state index < -0.39 is 75.7 Å². The fourth-order valence-corrected chi connectivity index (χ4v) is 40.6. The van der Waals surface area contributed by atoms with Crippen molar-refractivity contribution in [2.24, 2.45) is 0 Å². The van der Waals surface area contributed by atoms with Crippen molar-refractivity contribution in [1.29, 1.82) is 0 Å². The van der Waals surface area contributed by atoms with E-state index in [1.807, 2.05) is 20.0 Å². The molecule has 0 saturated heterocycles. The topological polar surface area (TPSA) is 0 Å². The van der Waals surface area contributed by atoms with Crippen LogP contribution in [0.1, 0.15) is 72.0 Å². The quantitative estimate of drug-likeness (QED) is 0.134. The first-order chi connectivity index (χ1) is 25.2. The van der Waals surface area contributed by atoms with Gasteiger partial charge >= 0.3 is 319 Å². The predicted molar refractivity (Wildman–Crippen MR) is 192 cm³/mol. The zero-order valence-electron chi connectivity index (χ0n) is 29.3. The molecule has 6 rings (SSSR count). The van der Waals surface area contributed by atoms with Crippen LogP contribution >= 0.6 is 17.0 Å². The minimum atomic E-state index is -5.61. The zero-order chi connectivity index (χ0) is 40.9. The maximum atomic E-state index is 13.9. The van der Waals surface area contributed by atoms with E-state index in [1.165, 1.54) is 24.3 Å². The third kappa shape index (κ3) is 7.20. The van der Waals surface area contributed by atoms with E-state index in [4.69, 9.17) is 17.0 Å². The Morgan fingerprint density at radius 3 is 1.27 bits per heavy atom. The normalized spacial score (nSPS) is 18.5. The Hall–Kier alpha value is -2.80. The van der Waals surface area contributed by atoms with E-state index >= 15 is 0 Å². The van der Waals surface area contributed by atoms with Gasteiger partial charge in [0.25, 0.3) is 0 Å². The van der Waals surface area contributed by atoms with Gasteiger partial charge in [0.05, 0.1) is 0 Å². The molecule has 0 N–H and O–H groups in total. The van der Waals surface area contributed by atoms with Crippen LogP contribution in [0.3, 0.4) is 0 Å². The summed E-state index contributed by atoms with van der Waals surface area (Å²) in [6.45, 7) is 7.50. The molecule has 4 aromatic rings. The molecular weight excluding hydrogens is 887 g/mol. The Morgan fingerprint density at radius 1 is 0.564 bits per heavy atom. The molecule has 293 valence electrons. The van der Waals surface area contributed by atoms with Gasteiger partial charge in [0.2, 0.25) is 0 Å². The summed E-state index contributed by atoms with van der Waals surface area (Å²) in [6.07, 6.45) is -16.5. The van der Waals surface area contributed by atoms with Gasteiger partial charge in [-0.2, -0.15) is 0 Å². The first-order valence-electron chi connectivity index (χ1n) is 17.0. The van der Waals surface area contributed by atoms with Crippen molar-refractivity contribution in [1.82, 2.24) is 0 Å². The van der Waals surface area contributed by atoms with Gasteiger partial charge in [-0.3, -0.25) is 0 Å². The van der Waals surface area contributed by atoms with Gasteiger partial charge < -0.3 is 0 Å². The van der Waals surface area contributed by atoms with Crippen LogP contribution < -0.4 is 0 Å². The fourth-order valence-electron chi connectivity index (χ4n) is 8.26. The van der Waals surface area contributed by atoms with Crippen LogP contribution in [-0.2, 0) is 40.3 Å². The monoisotopic (exact) mass is 915 g/mol. The molecular formula is C39H31Cl2F12SiZr. The summed E-state index contributed by atoms with van der Waals surface area (Å²) in [6, 6.07) is 12.1. The van der Waals surface area contributed by atoms with Gasteiger partial charge in [0.15, 0.2) is 0 Å². The van der Waals surface area contributed by atoms with E-state index in [9.17, 15) is 52.7 Å². The molecule has 2 aliphatic carbocycles.